The van der Waals surface area contributed by atoms with E-state index in [1.165, 1.54) is 18.2 Å². The van der Waals surface area contributed by atoms with Crippen molar-refractivity contribution in [2.75, 3.05) is 12.5 Å². The summed E-state index contributed by atoms with van der Waals surface area (Å²) in [4.78, 5) is 24.4. The summed E-state index contributed by atoms with van der Waals surface area (Å²) in [5.74, 6) is 4.95. The fraction of sp³-hybridized carbons (Fsp3) is 0.462. The lowest BCUT2D eigenvalue weighted by Gasteiger charge is -2.34. The molecular weight excluding hydrogens is 260 g/mol. The van der Waals surface area contributed by atoms with Crippen molar-refractivity contribution in [2.45, 2.75) is 32.7 Å². The predicted molar refractivity (Wildman–Crippen MR) is 77.4 cm³/mol. The van der Waals surface area contributed by atoms with Crippen molar-refractivity contribution in [3.8, 4) is 0 Å². The van der Waals surface area contributed by atoms with Gasteiger partial charge in [-0.05, 0) is 32.4 Å². The van der Waals surface area contributed by atoms with Gasteiger partial charge in [-0.25, -0.2) is 0 Å². The highest BCUT2D eigenvalue weighted by Crippen LogP contribution is 2.26. The van der Waals surface area contributed by atoms with E-state index in [4.69, 9.17) is 5.84 Å². The van der Waals surface area contributed by atoms with Gasteiger partial charge in [0.25, 0.3) is 11.6 Å². The molecule has 0 aliphatic heterocycles. The van der Waals surface area contributed by atoms with Crippen LogP contribution in [0.5, 0.6) is 0 Å². The zero-order valence-corrected chi connectivity index (χ0v) is 12.1. The highest BCUT2D eigenvalue weighted by atomic mass is 16.6. The summed E-state index contributed by atoms with van der Waals surface area (Å²) < 4.78 is 0. The number of carbonyl (C=O) groups excluding carboxylic acids is 1. The molecule has 0 aliphatic rings. The minimum Gasteiger partial charge on any atom is -0.337 e. The molecule has 0 atom stereocenters. The first-order chi connectivity index (χ1) is 9.24. The minimum atomic E-state index is -0.572. The lowest BCUT2D eigenvalue weighted by atomic mass is 9.98. The molecule has 0 radical (unpaired) electrons. The van der Waals surface area contributed by atoms with Gasteiger partial charge in [-0.1, -0.05) is 6.92 Å². The molecular formula is C13H20N4O3. The maximum Gasteiger partial charge on any atom is 0.294 e. The molecule has 0 fully saturated rings. The fourth-order valence-corrected chi connectivity index (χ4v) is 1.64. The van der Waals surface area contributed by atoms with Gasteiger partial charge < -0.3 is 10.3 Å². The van der Waals surface area contributed by atoms with Crippen molar-refractivity contribution in [2.24, 2.45) is 5.84 Å². The summed E-state index contributed by atoms with van der Waals surface area (Å²) in [6.45, 7) is 5.86. The normalized spacial score (nSPS) is 11.1. The Labute approximate surface area is 117 Å². The first-order valence-electron chi connectivity index (χ1n) is 6.27. The number of nitro benzene ring substituents is 1. The fourth-order valence-electron chi connectivity index (χ4n) is 1.64. The standard InChI is InChI=1S/C13H20N4O3/c1-5-13(2,3)16(4)12(18)9-6-7-10(15-14)11(8-9)17(19)20/h6-8,15H,5,14H2,1-4H3. The lowest BCUT2D eigenvalue weighted by Crippen LogP contribution is -2.44. The molecule has 3 N–H and O–H groups in total. The number of rotatable bonds is 5. The van der Waals surface area contributed by atoms with Gasteiger partial charge in [0, 0.05) is 24.2 Å². The Morgan fingerprint density at radius 3 is 2.55 bits per heavy atom. The average Bonchev–Trinajstić information content (AvgIpc) is 2.44. The number of carbonyl (C=O) groups is 1. The molecule has 110 valence electrons. The Morgan fingerprint density at radius 2 is 2.10 bits per heavy atom. The largest absolute Gasteiger partial charge is 0.337 e. The van der Waals surface area contributed by atoms with E-state index in [9.17, 15) is 14.9 Å². The van der Waals surface area contributed by atoms with E-state index in [1.54, 1.807) is 11.9 Å². The molecule has 0 heterocycles. The second-order valence-electron chi connectivity index (χ2n) is 5.16. The summed E-state index contributed by atoms with van der Waals surface area (Å²) in [5, 5.41) is 11.0. The quantitative estimate of drug-likeness (QED) is 0.489. The topological polar surface area (TPSA) is 102 Å². The molecule has 0 aliphatic carbocycles. The number of nitrogens with two attached hydrogens (primary N) is 1. The molecule has 1 aromatic rings. The molecule has 0 bridgehead atoms. The lowest BCUT2D eigenvalue weighted by molar-refractivity contribution is -0.384. The number of nitrogens with one attached hydrogen (secondary N) is 1. The Balaban J connectivity index is 3.18. The molecule has 0 saturated carbocycles. The maximum atomic E-state index is 12.4. The van der Waals surface area contributed by atoms with E-state index in [1.807, 2.05) is 20.8 Å². The van der Waals surface area contributed by atoms with Crippen LogP contribution in [-0.4, -0.2) is 28.3 Å². The summed E-state index contributed by atoms with van der Waals surface area (Å²) in [6, 6.07) is 4.19. The maximum absolute atomic E-state index is 12.4. The molecule has 1 aromatic carbocycles. The second kappa shape index (κ2) is 5.87. The van der Waals surface area contributed by atoms with Crippen LogP contribution < -0.4 is 11.3 Å². The highest BCUT2D eigenvalue weighted by molar-refractivity contribution is 5.96. The predicted octanol–water partition coefficient (Wildman–Crippen LogP) is 2.14. The van der Waals surface area contributed by atoms with Crippen molar-refractivity contribution in [1.29, 1.82) is 0 Å². The van der Waals surface area contributed by atoms with Crippen LogP contribution in [0.1, 0.15) is 37.6 Å². The van der Waals surface area contributed by atoms with Crippen molar-refractivity contribution >= 4 is 17.3 Å². The Kier molecular flexibility index (Phi) is 4.67. The van der Waals surface area contributed by atoms with Gasteiger partial charge in [-0.2, -0.15) is 0 Å². The molecule has 0 aromatic heterocycles. The zero-order valence-electron chi connectivity index (χ0n) is 12.1. The third kappa shape index (κ3) is 3.05. The number of benzene rings is 1. The molecule has 7 heteroatoms. The SMILES string of the molecule is CCC(C)(C)N(C)C(=O)c1ccc(NN)c([N+](=O)[O-])c1. The van der Waals surface area contributed by atoms with E-state index >= 15 is 0 Å². The molecule has 0 unspecified atom stereocenters. The van der Waals surface area contributed by atoms with Crippen LogP contribution in [0.15, 0.2) is 18.2 Å². The number of anilines is 1. The van der Waals surface area contributed by atoms with Crippen LogP contribution in [0, 0.1) is 10.1 Å². The van der Waals surface area contributed by atoms with Gasteiger partial charge in [-0.15, -0.1) is 0 Å². The Bertz CT molecular complexity index is 528. The van der Waals surface area contributed by atoms with Gasteiger partial charge in [0.1, 0.15) is 5.69 Å². The molecule has 7 nitrogen and oxygen atoms in total. The highest BCUT2D eigenvalue weighted by Gasteiger charge is 2.27. The number of hydrogen-bond acceptors (Lipinski definition) is 5. The Morgan fingerprint density at radius 1 is 1.50 bits per heavy atom. The Hall–Kier alpha value is -2.15. The number of hydrogen-bond donors (Lipinski definition) is 2. The second-order valence-corrected chi connectivity index (χ2v) is 5.16. The van der Waals surface area contributed by atoms with E-state index in [-0.39, 0.29) is 28.4 Å². The van der Waals surface area contributed by atoms with Crippen LogP contribution in [0.2, 0.25) is 0 Å². The van der Waals surface area contributed by atoms with E-state index in [0.717, 1.165) is 6.42 Å². The minimum absolute atomic E-state index is 0.170. The van der Waals surface area contributed by atoms with Crippen molar-refractivity contribution in [3.05, 3.63) is 33.9 Å². The number of nitrogens with zero attached hydrogens (tertiary/aromatic N) is 2. The summed E-state index contributed by atoms with van der Waals surface area (Å²) in [5.41, 5.74) is 2.14. The van der Waals surface area contributed by atoms with Crippen LogP contribution >= 0.6 is 0 Å². The van der Waals surface area contributed by atoms with Crippen molar-refractivity contribution in [3.63, 3.8) is 0 Å². The smallest absolute Gasteiger partial charge is 0.294 e. The monoisotopic (exact) mass is 280 g/mol. The van der Waals surface area contributed by atoms with Gasteiger partial charge >= 0.3 is 0 Å². The van der Waals surface area contributed by atoms with Gasteiger partial charge in [0.05, 0.1) is 4.92 Å². The summed E-state index contributed by atoms with van der Waals surface area (Å²) in [6.07, 6.45) is 0.778. The third-order valence-corrected chi connectivity index (χ3v) is 3.67. The molecule has 1 rings (SSSR count). The third-order valence-electron chi connectivity index (χ3n) is 3.67. The number of hydrazine groups is 1. The van der Waals surface area contributed by atoms with Gasteiger partial charge in [0.2, 0.25) is 0 Å². The first-order valence-corrected chi connectivity index (χ1v) is 6.27. The van der Waals surface area contributed by atoms with Crippen LogP contribution in [-0.2, 0) is 0 Å². The first kappa shape index (κ1) is 15.9. The van der Waals surface area contributed by atoms with Gasteiger partial charge in [-0.3, -0.25) is 20.8 Å². The van der Waals surface area contributed by atoms with Crippen LogP contribution in [0.3, 0.4) is 0 Å². The van der Waals surface area contributed by atoms with Crippen LogP contribution in [0.4, 0.5) is 11.4 Å². The van der Waals surface area contributed by atoms with Crippen molar-refractivity contribution < 1.29 is 9.72 Å². The number of nitrogen functional groups attached to an aromatic ring is 1. The zero-order chi connectivity index (χ0) is 15.5. The molecule has 1 amide bonds. The molecule has 0 saturated heterocycles. The van der Waals surface area contributed by atoms with Crippen molar-refractivity contribution in [1.82, 2.24) is 4.90 Å². The summed E-state index contributed by atoms with van der Waals surface area (Å²) >= 11 is 0. The molecule has 20 heavy (non-hydrogen) atoms. The van der Waals surface area contributed by atoms with Crippen LogP contribution in [0.25, 0.3) is 0 Å². The van der Waals surface area contributed by atoms with E-state index in [2.05, 4.69) is 5.43 Å². The van der Waals surface area contributed by atoms with E-state index in [0.29, 0.717) is 0 Å². The molecule has 0 spiro atoms. The number of nitro groups is 1. The van der Waals surface area contributed by atoms with Gasteiger partial charge in [0.15, 0.2) is 0 Å². The van der Waals surface area contributed by atoms with E-state index < -0.39 is 4.92 Å². The summed E-state index contributed by atoms with van der Waals surface area (Å²) in [7, 11) is 1.69. The number of amides is 1. The average molecular weight is 280 g/mol.